The second-order valence-corrected chi connectivity index (χ2v) is 7.73. The number of nitrogens with zero attached hydrogens (tertiary/aromatic N) is 3. The summed E-state index contributed by atoms with van der Waals surface area (Å²) >= 11 is 0. The number of carbonyl (C=O) groups is 2. The van der Waals surface area contributed by atoms with E-state index in [1.54, 1.807) is 11.8 Å². The number of methoxy groups -OCH3 is 1. The van der Waals surface area contributed by atoms with Crippen molar-refractivity contribution in [2.45, 2.75) is 52.7 Å². The lowest BCUT2D eigenvalue weighted by Crippen LogP contribution is -2.39. The van der Waals surface area contributed by atoms with E-state index in [-0.39, 0.29) is 18.1 Å². The van der Waals surface area contributed by atoms with E-state index < -0.39 is 5.60 Å². The number of hydrogen-bond donors (Lipinski definition) is 0. The first-order valence-electron chi connectivity index (χ1n) is 8.81. The van der Waals surface area contributed by atoms with Crippen LogP contribution in [-0.2, 0) is 9.47 Å². The molecule has 1 aliphatic rings. The number of hydrogen-bond acceptors (Lipinski definition) is 6. The van der Waals surface area contributed by atoms with Crippen LogP contribution in [0.2, 0.25) is 0 Å². The van der Waals surface area contributed by atoms with Crippen molar-refractivity contribution in [2.75, 3.05) is 32.1 Å². The van der Waals surface area contributed by atoms with E-state index in [2.05, 4.69) is 9.88 Å². The third kappa shape index (κ3) is 4.45. The number of rotatable bonds is 3. The minimum absolute atomic E-state index is 0.151. The van der Waals surface area contributed by atoms with Gasteiger partial charge in [0.15, 0.2) is 0 Å². The van der Waals surface area contributed by atoms with Crippen LogP contribution in [0.3, 0.4) is 0 Å². The maximum Gasteiger partial charge on any atom is 0.410 e. The Morgan fingerprint density at radius 3 is 2.50 bits per heavy atom. The van der Waals surface area contributed by atoms with Crippen molar-refractivity contribution >= 4 is 17.9 Å². The average molecular weight is 363 g/mol. The molecule has 1 saturated heterocycles. The summed E-state index contributed by atoms with van der Waals surface area (Å²) in [6.45, 7) is 10.5. The van der Waals surface area contributed by atoms with Gasteiger partial charge in [0.25, 0.3) is 0 Å². The largest absolute Gasteiger partial charge is 0.465 e. The van der Waals surface area contributed by atoms with Crippen molar-refractivity contribution in [3.8, 4) is 0 Å². The molecule has 7 heteroatoms. The highest BCUT2D eigenvalue weighted by Crippen LogP contribution is 2.25. The molecule has 0 aliphatic carbocycles. The lowest BCUT2D eigenvalue weighted by atomic mass is 10.1. The van der Waals surface area contributed by atoms with Crippen molar-refractivity contribution < 1.29 is 19.1 Å². The summed E-state index contributed by atoms with van der Waals surface area (Å²) in [5.74, 6) is 0.405. The number of pyridine rings is 1. The van der Waals surface area contributed by atoms with E-state index in [0.29, 0.717) is 24.3 Å². The van der Waals surface area contributed by atoms with Gasteiger partial charge in [-0.3, -0.25) is 0 Å². The van der Waals surface area contributed by atoms with Crippen LogP contribution in [0.4, 0.5) is 10.6 Å². The number of amides is 1. The van der Waals surface area contributed by atoms with Gasteiger partial charge in [-0.1, -0.05) is 0 Å². The maximum absolute atomic E-state index is 12.2. The predicted octanol–water partition coefficient (Wildman–Crippen LogP) is 2.93. The van der Waals surface area contributed by atoms with Gasteiger partial charge in [0.1, 0.15) is 11.4 Å². The van der Waals surface area contributed by atoms with Crippen LogP contribution in [0.5, 0.6) is 0 Å². The number of anilines is 1. The molecule has 1 amide bonds. The normalized spacial score (nSPS) is 17.2. The van der Waals surface area contributed by atoms with Crippen LogP contribution < -0.4 is 4.90 Å². The Morgan fingerprint density at radius 2 is 1.96 bits per heavy atom. The standard InChI is InChI=1S/C19H29N3O4/c1-12-10-15(20-13(2)16(12)17(23)25-7)21(6)14-8-9-22(11-14)18(24)26-19(3,4)5/h10,14H,8-9,11H2,1-7H3/t14-/m1/s1. The molecule has 7 nitrogen and oxygen atoms in total. The molecule has 2 rings (SSSR count). The Kier molecular flexibility index (Phi) is 5.78. The number of ether oxygens (including phenoxy) is 2. The topological polar surface area (TPSA) is 72.0 Å². The van der Waals surface area contributed by atoms with Crippen LogP contribution in [0.15, 0.2) is 6.07 Å². The molecule has 0 aromatic carbocycles. The van der Waals surface area contributed by atoms with Crippen LogP contribution in [0.1, 0.15) is 48.8 Å². The van der Waals surface area contributed by atoms with Crippen LogP contribution in [0.25, 0.3) is 0 Å². The molecule has 1 fully saturated rings. The summed E-state index contributed by atoms with van der Waals surface area (Å²) < 4.78 is 10.3. The molecule has 0 bridgehead atoms. The Labute approximate surface area is 155 Å². The molecule has 26 heavy (non-hydrogen) atoms. The molecule has 1 atom stereocenters. The molecule has 144 valence electrons. The second kappa shape index (κ2) is 7.51. The van der Waals surface area contributed by atoms with Crippen LogP contribution in [-0.4, -0.2) is 60.8 Å². The number of likely N-dealkylation sites (N-methyl/N-ethyl adjacent to an activating group) is 1. The zero-order valence-corrected chi connectivity index (χ0v) is 16.8. The third-order valence-corrected chi connectivity index (χ3v) is 4.50. The fourth-order valence-corrected chi connectivity index (χ4v) is 3.14. The molecular formula is C19H29N3O4. The Hall–Kier alpha value is -2.31. The molecule has 2 heterocycles. The number of aromatic nitrogens is 1. The van der Waals surface area contributed by atoms with Gasteiger partial charge in [0.2, 0.25) is 0 Å². The Bertz CT molecular complexity index is 674. The molecule has 1 aromatic heterocycles. The lowest BCUT2D eigenvalue weighted by Gasteiger charge is -2.28. The Morgan fingerprint density at radius 1 is 1.31 bits per heavy atom. The summed E-state index contributed by atoms with van der Waals surface area (Å²) in [4.78, 5) is 32.5. The summed E-state index contributed by atoms with van der Waals surface area (Å²) in [5.41, 5.74) is 1.47. The highest BCUT2D eigenvalue weighted by atomic mass is 16.6. The minimum Gasteiger partial charge on any atom is -0.465 e. The summed E-state index contributed by atoms with van der Waals surface area (Å²) in [7, 11) is 3.33. The van der Waals surface area contributed by atoms with E-state index in [0.717, 1.165) is 17.8 Å². The monoisotopic (exact) mass is 363 g/mol. The highest BCUT2D eigenvalue weighted by molar-refractivity contribution is 5.92. The molecule has 0 spiro atoms. The van der Waals surface area contributed by atoms with Gasteiger partial charge >= 0.3 is 12.1 Å². The maximum atomic E-state index is 12.2. The quantitative estimate of drug-likeness (QED) is 0.769. The summed E-state index contributed by atoms with van der Waals surface area (Å²) in [6, 6.07) is 2.04. The van der Waals surface area contributed by atoms with Gasteiger partial charge in [-0.15, -0.1) is 0 Å². The average Bonchev–Trinajstić information content (AvgIpc) is 3.01. The van der Waals surface area contributed by atoms with E-state index in [1.807, 2.05) is 40.8 Å². The minimum atomic E-state index is -0.499. The molecular weight excluding hydrogens is 334 g/mol. The zero-order valence-electron chi connectivity index (χ0n) is 16.8. The molecule has 1 aliphatic heterocycles. The number of aryl methyl sites for hydroxylation is 2. The lowest BCUT2D eigenvalue weighted by molar-refractivity contribution is 0.0292. The van der Waals surface area contributed by atoms with E-state index in [4.69, 9.17) is 9.47 Å². The van der Waals surface area contributed by atoms with Gasteiger partial charge in [-0.2, -0.15) is 0 Å². The van der Waals surface area contributed by atoms with E-state index >= 15 is 0 Å². The summed E-state index contributed by atoms with van der Waals surface area (Å²) in [5, 5.41) is 0. The molecule has 1 aromatic rings. The van der Waals surface area contributed by atoms with Crippen LogP contribution in [0, 0.1) is 13.8 Å². The van der Waals surface area contributed by atoms with Gasteiger partial charge in [0, 0.05) is 26.2 Å². The van der Waals surface area contributed by atoms with Crippen molar-refractivity contribution in [3.63, 3.8) is 0 Å². The number of esters is 1. The van der Waals surface area contributed by atoms with Crippen LogP contribution >= 0.6 is 0 Å². The number of likely N-dealkylation sites (tertiary alicyclic amines) is 1. The van der Waals surface area contributed by atoms with Gasteiger partial charge < -0.3 is 19.3 Å². The summed E-state index contributed by atoms with van der Waals surface area (Å²) in [6.07, 6.45) is 0.559. The van der Waals surface area contributed by atoms with Crippen molar-refractivity contribution in [2.24, 2.45) is 0 Å². The zero-order chi connectivity index (χ0) is 19.6. The molecule has 0 N–H and O–H groups in total. The van der Waals surface area contributed by atoms with Crippen molar-refractivity contribution in [1.29, 1.82) is 0 Å². The smallest absolute Gasteiger partial charge is 0.410 e. The van der Waals surface area contributed by atoms with Gasteiger partial charge in [-0.25, -0.2) is 14.6 Å². The first-order valence-corrected chi connectivity index (χ1v) is 8.81. The predicted molar refractivity (Wildman–Crippen MR) is 99.7 cm³/mol. The van der Waals surface area contributed by atoms with Crippen molar-refractivity contribution in [3.05, 3.63) is 22.9 Å². The molecule has 0 radical (unpaired) electrons. The molecule has 0 unspecified atom stereocenters. The molecule has 0 saturated carbocycles. The van der Waals surface area contributed by atoms with Gasteiger partial charge in [0.05, 0.1) is 18.4 Å². The first kappa shape index (κ1) is 20.0. The van der Waals surface area contributed by atoms with Gasteiger partial charge in [-0.05, 0) is 52.7 Å². The first-order chi connectivity index (χ1) is 12.0. The van der Waals surface area contributed by atoms with E-state index in [1.165, 1.54) is 7.11 Å². The fourth-order valence-electron chi connectivity index (χ4n) is 3.14. The number of carbonyl (C=O) groups excluding carboxylic acids is 2. The van der Waals surface area contributed by atoms with Crippen molar-refractivity contribution in [1.82, 2.24) is 9.88 Å². The fraction of sp³-hybridized carbons (Fsp3) is 0.632. The second-order valence-electron chi connectivity index (χ2n) is 7.73. The third-order valence-electron chi connectivity index (χ3n) is 4.50. The SMILES string of the molecule is COC(=O)c1c(C)cc(N(C)[C@@H]2CCN(C(=O)OC(C)(C)C)C2)nc1C. The van der Waals surface area contributed by atoms with E-state index in [9.17, 15) is 9.59 Å². The highest BCUT2D eigenvalue weighted by Gasteiger charge is 2.32. The Balaban J connectivity index is 2.12.